The number of benzene rings is 1. The average molecular weight is 352 g/mol. The Morgan fingerprint density at radius 3 is 2.68 bits per heavy atom. The monoisotopic (exact) mass is 352 g/mol. The fourth-order valence-corrected chi connectivity index (χ4v) is 2.68. The number of nitrogens with one attached hydrogen (secondary N) is 1. The summed E-state index contributed by atoms with van der Waals surface area (Å²) in [5.41, 5.74) is 6.18. The van der Waals surface area contributed by atoms with Gasteiger partial charge in [-0.1, -0.05) is 6.07 Å². The summed E-state index contributed by atoms with van der Waals surface area (Å²) in [5.74, 6) is -0.448. The molecule has 25 heavy (non-hydrogen) atoms. The fourth-order valence-electron chi connectivity index (χ4n) is 2.68. The molecule has 1 unspecified atom stereocenters. The summed E-state index contributed by atoms with van der Waals surface area (Å²) in [6.45, 7) is 1.13. The molecular weight excluding hydrogens is 328 g/mol. The van der Waals surface area contributed by atoms with Crippen LogP contribution in [0, 0.1) is 5.92 Å². The van der Waals surface area contributed by atoms with Crippen molar-refractivity contribution in [2.75, 3.05) is 27.5 Å². The van der Waals surface area contributed by atoms with Crippen molar-refractivity contribution in [1.82, 2.24) is 5.32 Å². The SMILES string of the molecule is COc1ccc(C[C@H]2CC2(OCNC(=O)CN)OC(C)=O)c(OC)c1. The Bertz CT molecular complexity index is 636. The van der Waals surface area contributed by atoms with Gasteiger partial charge in [0, 0.05) is 25.3 Å². The van der Waals surface area contributed by atoms with Gasteiger partial charge in [0.2, 0.25) is 11.7 Å². The summed E-state index contributed by atoms with van der Waals surface area (Å²) >= 11 is 0. The van der Waals surface area contributed by atoms with Gasteiger partial charge in [-0.15, -0.1) is 0 Å². The minimum Gasteiger partial charge on any atom is -0.497 e. The number of nitrogens with two attached hydrogens (primary N) is 1. The first-order chi connectivity index (χ1) is 11.9. The van der Waals surface area contributed by atoms with Crippen LogP contribution in [0.5, 0.6) is 11.5 Å². The van der Waals surface area contributed by atoms with Gasteiger partial charge in [0.15, 0.2) is 0 Å². The predicted octanol–water partition coefficient (Wildman–Crippen LogP) is 0.575. The van der Waals surface area contributed by atoms with E-state index < -0.39 is 11.8 Å². The van der Waals surface area contributed by atoms with Crippen LogP contribution in [0.1, 0.15) is 18.9 Å². The van der Waals surface area contributed by atoms with Crippen LogP contribution in [0.3, 0.4) is 0 Å². The van der Waals surface area contributed by atoms with Crippen molar-refractivity contribution in [3.05, 3.63) is 23.8 Å². The summed E-state index contributed by atoms with van der Waals surface area (Å²) in [4.78, 5) is 22.6. The highest BCUT2D eigenvalue weighted by atomic mass is 16.7. The molecule has 0 bridgehead atoms. The lowest BCUT2D eigenvalue weighted by molar-refractivity contribution is -0.194. The van der Waals surface area contributed by atoms with Crippen molar-refractivity contribution in [3.8, 4) is 11.5 Å². The van der Waals surface area contributed by atoms with E-state index in [1.165, 1.54) is 6.92 Å². The number of rotatable bonds is 9. The first-order valence-electron chi connectivity index (χ1n) is 7.95. The molecule has 1 amide bonds. The standard InChI is InChI=1S/C17H24N2O6/c1-11(20)25-17(24-10-19-16(21)9-18)8-13(17)6-12-4-5-14(22-2)7-15(12)23-3/h4-5,7,13H,6,8-10,18H2,1-3H3,(H,19,21)/t13-,17?/m0/s1. The number of hydrogen-bond acceptors (Lipinski definition) is 7. The third-order valence-electron chi connectivity index (χ3n) is 4.04. The lowest BCUT2D eigenvalue weighted by Crippen LogP contribution is -2.36. The van der Waals surface area contributed by atoms with Crippen LogP contribution >= 0.6 is 0 Å². The van der Waals surface area contributed by atoms with Crippen LogP contribution < -0.4 is 20.5 Å². The maximum Gasteiger partial charge on any atom is 0.305 e. The van der Waals surface area contributed by atoms with Crippen molar-refractivity contribution in [3.63, 3.8) is 0 Å². The highest BCUT2D eigenvalue weighted by molar-refractivity contribution is 5.77. The zero-order chi connectivity index (χ0) is 18.4. The van der Waals surface area contributed by atoms with Gasteiger partial charge < -0.3 is 30.0 Å². The summed E-state index contributed by atoms with van der Waals surface area (Å²) < 4.78 is 21.6. The summed E-state index contributed by atoms with van der Waals surface area (Å²) in [5, 5.41) is 2.51. The first kappa shape index (κ1) is 19.0. The Morgan fingerprint density at radius 2 is 2.08 bits per heavy atom. The van der Waals surface area contributed by atoms with Crippen molar-refractivity contribution >= 4 is 11.9 Å². The molecule has 1 aromatic carbocycles. The third kappa shape index (κ3) is 4.83. The molecule has 1 saturated carbocycles. The molecule has 138 valence electrons. The highest BCUT2D eigenvalue weighted by Crippen LogP contribution is 2.50. The molecule has 0 aromatic heterocycles. The van der Waals surface area contributed by atoms with Crippen LogP contribution in [-0.4, -0.2) is 45.2 Å². The molecule has 8 nitrogen and oxygen atoms in total. The van der Waals surface area contributed by atoms with Crippen molar-refractivity contribution in [1.29, 1.82) is 0 Å². The van der Waals surface area contributed by atoms with Gasteiger partial charge in [0.1, 0.15) is 18.2 Å². The number of carbonyl (C=O) groups excluding carboxylic acids is 2. The number of esters is 1. The van der Waals surface area contributed by atoms with E-state index in [0.29, 0.717) is 24.3 Å². The maximum absolute atomic E-state index is 11.4. The Labute approximate surface area is 146 Å². The van der Waals surface area contributed by atoms with Crippen LogP contribution in [0.25, 0.3) is 0 Å². The summed E-state index contributed by atoms with van der Waals surface area (Å²) in [7, 11) is 3.17. The Morgan fingerprint density at radius 1 is 1.32 bits per heavy atom. The van der Waals surface area contributed by atoms with Crippen LogP contribution in [-0.2, 0) is 25.5 Å². The molecule has 1 aliphatic rings. The molecule has 0 heterocycles. The van der Waals surface area contributed by atoms with Crippen molar-refractivity contribution in [2.45, 2.75) is 25.6 Å². The van der Waals surface area contributed by atoms with Crippen LogP contribution in [0.2, 0.25) is 0 Å². The zero-order valence-electron chi connectivity index (χ0n) is 14.7. The first-order valence-corrected chi connectivity index (χ1v) is 7.95. The second kappa shape index (κ2) is 8.17. The van der Waals surface area contributed by atoms with E-state index >= 15 is 0 Å². The number of amides is 1. The van der Waals surface area contributed by atoms with Gasteiger partial charge in [0.25, 0.3) is 0 Å². The van der Waals surface area contributed by atoms with Crippen molar-refractivity contribution in [2.24, 2.45) is 11.7 Å². The average Bonchev–Trinajstić information content (AvgIpc) is 3.25. The second-order valence-corrected chi connectivity index (χ2v) is 5.78. The Kier molecular flexibility index (Phi) is 6.22. The molecule has 0 aliphatic heterocycles. The van der Waals surface area contributed by atoms with E-state index in [9.17, 15) is 9.59 Å². The van der Waals surface area contributed by atoms with E-state index in [1.807, 2.05) is 12.1 Å². The molecule has 1 aromatic rings. The number of methoxy groups -OCH3 is 2. The largest absolute Gasteiger partial charge is 0.497 e. The molecule has 3 N–H and O–H groups in total. The highest BCUT2D eigenvalue weighted by Gasteiger charge is 2.59. The van der Waals surface area contributed by atoms with Gasteiger partial charge >= 0.3 is 5.97 Å². The van der Waals surface area contributed by atoms with Gasteiger partial charge in [-0.3, -0.25) is 9.59 Å². The third-order valence-corrected chi connectivity index (χ3v) is 4.04. The topological polar surface area (TPSA) is 109 Å². The number of carbonyl (C=O) groups is 2. The second-order valence-electron chi connectivity index (χ2n) is 5.78. The normalized spacial score (nSPS) is 21.4. The van der Waals surface area contributed by atoms with Crippen molar-refractivity contribution < 1.29 is 28.5 Å². The van der Waals surface area contributed by atoms with Crippen LogP contribution in [0.4, 0.5) is 0 Å². The molecular formula is C17H24N2O6. The van der Waals surface area contributed by atoms with E-state index in [1.54, 1.807) is 20.3 Å². The van der Waals surface area contributed by atoms with Gasteiger partial charge in [-0.05, 0) is 18.1 Å². The van der Waals surface area contributed by atoms with Gasteiger partial charge in [0.05, 0.1) is 20.8 Å². The minimum absolute atomic E-state index is 0.0338. The van der Waals surface area contributed by atoms with Crippen LogP contribution in [0.15, 0.2) is 18.2 Å². The smallest absolute Gasteiger partial charge is 0.305 e. The van der Waals surface area contributed by atoms with Gasteiger partial charge in [-0.25, -0.2) is 0 Å². The Balaban J connectivity index is 2.03. The van der Waals surface area contributed by atoms with E-state index in [0.717, 1.165) is 5.56 Å². The lowest BCUT2D eigenvalue weighted by atomic mass is 10.1. The quantitative estimate of drug-likeness (QED) is 0.494. The summed E-state index contributed by atoms with van der Waals surface area (Å²) in [6.07, 6.45) is 1.14. The molecule has 0 saturated heterocycles. The molecule has 8 heteroatoms. The minimum atomic E-state index is -1.03. The fraction of sp³-hybridized carbons (Fsp3) is 0.529. The molecule has 0 radical (unpaired) electrons. The molecule has 1 fully saturated rings. The zero-order valence-corrected chi connectivity index (χ0v) is 14.7. The van der Waals surface area contributed by atoms with Gasteiger partial charge in [-0.2, -0.15) is 0 Å². The summed E-state index contributed by atoms with van der Waals surface area (Å²) in [6, 6.07) is 5.55. The van der Waals surface area contributed by atoms with E-state index in [4.69, 9.17) is 24.7 Å². The predicted molar refractivity (Wildman–Crippen MR) is 89.0 cm³/mol. The number of ether oxygens (including phenoxy) is 4. The molecule has 1 aliphatic carbocycles. The van der Waals surface area contributed by atoms with E-state index in [-0.39, 0.29) is 25.1 Å². The lowest BCUT2D eigenvalue weighted by Gasteiger charge is -2.19. The Hall–Kier alpha value is -2.32. The molecule has 0 spiro atoms. The van der Waals surface area contributed by atoms with E-state index in [2.05, 4.69) is 5.32 Å². The maximum atomic E-state index is 11.4. The molecule has 2 rings (SSSR count). The molecule has 2 atom stereocenters. The number of hydrogen-bond donors (Lipinski definition) is 2.